The number of aromatic nitrogens is 1. The van der Waals surface area contributed by atoms with Crippen molar-refractivity contribution in [1.29, 1.82) is 0 Å². The third-order valence-electron chi connectivity index (χ3n) is 1.91. The van der Waals surface area contributed by atoms with E-state index in [9.17, 15) is 5.11 Å². The van der Waals surface area contributed by atoms with Crippen LogP contribution in [0.15, 0.2) is 34.9 Å². The maximum absolute atomic E-state index is 10.0. The first kappa shape index (κ1) is 11.1. The Hall–Kier alpha value is -0.420. The summed E-state index contributed by atoms with van der Waals surface area (Å²) in [6.07, 6.45) is 0.927. The first-order valence-electron chi connectivity index (χ1n) is 4.22. The molecule has 0 fully saturated rings. The van der Waals surface area contributed by atoms with E-state index < -0.39 is 6.10 Å². The third kappa shape index (κ3) is 2.39. The summed E-state index contributed by atoms with van der Waals surface area (Å²) in [7, 11) is 0. The second kappa shape index (κ2) is 4.61. The Morgan fingerprint density at radius 3 is 2.80 bits per heavy atom. The minimum absolute atomic E-state index is 0.607. The number of aliphatic hydroxyl groups excluding tert-OH is 1. The fraction of sp³-hybridized carbons (Fsp3) is 0.100. The molecule has 2 rings (SSSR count). The monoisotopic (exact) mass is 303 g/mol. The van der Waals surface area contributed by atoms with Crippen molar-refractivity contribution in [2.24, 2.45) is 0 Å². The van der Waals surface area contributed by atoms with Gasteiger partial charge in [-0.1, -0.05) is 11.6 Å². The van der Waals surface area contributed by atoms with Gasteiger partial charge in [-0.25, -0.2) is 0 Å². The highest BCUT2D eigenvalue weighted by molar-refractivity contribution is 9.10. The number of pyridine rings is 1. The van der Waals surface area contributed by atoms with Gasteiger partial charge in [-0.15, -0.1) is 11.3 Å². The fourth-order valence-electron chi connectivity index (χ4n) is 1.21. The van der Waals surface area contributed by atoms with Crippen LogP contribution in [0.25, 0.3) is 0 Å². The highest BCUT2D eigenvalue weighted by atomic mass is 79.9. The zero-order chi connectivity index (χ0) is 10.8. The second-order valence-electron chi connectivity index (χ2n) is 2.91. The average molecular weight is 305 g/mol. The summed E-state index contributed by atoms with van der Waals surface area (Å²) in [6.45, 7) is 0. The second-order valence-corrected chi connectivity index (χ2v) is 5.52. The lowest BCUT2D eigenvalue weighted by Gasteiger charge is -2.08. The van der Waals surface area contributed by atoms with Crippen molar-refractivity contribution in [2.45, 2.75) is 6.10 Å². The van der Waals surface area contributed by atoms with Gasteiger partial charge in [0.2, 0.25) is 0 Å². The molecule has 2 heterocycles. The molecule has 5 heteroatoms. The molecule has 0 amide bonds. The molecule has 0 aliphatic heterocycles. The van der Waals surface area contributed by atoms with Gasteiger partial charge in [-0.2, -0.15) is 0 Å². The first-order valence-corrected chi connectivity index (χ1v) is 6.21. The van der Waals surface area contributed by atoms with E-state index in [-0.39, 0.29) is 0 Å². The van der Waals surface area contributed by atoms with Crippen LogP contribution in [-0.2, 0) is 0 Å². The minimum atomic E-state index is -0.724. The van der Waals surface area contributed by atoms with E-state index in [4.69, 9.17) is 11.6 Å². The Morgan fingerprint density at radius 2 is 2.20 bits per heavy atom. The summed E-state index contributed by atoms with van der Waals surface area (Å²) in [5.41, 5.74) is 0.607. The maximum Gasteiger partial charge on any atom is 0.131 e. The molecule has 1 unspecified atom stereocenters. The van der Waals surface area contributed by atoms with Crippen molar-refractivity contribution in [3.05, 3.63) is 49.8 Å². The minimum Gasteiger partial charge on any atom is -0.381 e. The molecule has 0 aliphatic rings. The number of thiophene rings is 1. The standard InChI is InChI=1S/C10H7BrClNOS/c11-6-2-1-5-13-9(6)10(14)7-3-4-8(12)15-7/h1-5,10,14H. The van der Waals surface area contributed by atoms with Crippen molar-refractivity contribution >= 4 is 38.9 Å². The Kier molecular flexibility index (Phi) is 3.41. The molecule has 0 radical (unpaired) electrons. The highest BCUT2D eigenvalue weighted by Crippen LogP contribution is 2.32. The third-order valence-corrected chi connectivity index (χ3v) is 3.86. The lowest BCUT2D eigenvalue weighted by molar-refractivity contribution is 0.218. The summed E-state index contributed by atoms with van der Waals surface area (Å²) in [6, 6.07) is 7.23. The lowest BCUT2D eigenvalue weighted by Crippen LogP contribution is -2.00. The summed E-state index contributed by atoms with van der Waals surface area (Å²) in [4.78, 5) is 4.92. The van der Waals surface area contributed by atoms with Crippen LogP contribution in [0.2, 0.25) is 4.34 Å². The van der Waals surface area contributed by atoms with Gasteiger partial charge in [0.15, 0.2) is 0 Å². The molecule has 0 spiro atoms. The van der Waals surface area contributed by atoms with Crippen molar-refractivity contribution in [3.8, 4) is 0 Å². The molecular weight excluding hydrogens is 298 g/mol. The Balaban J connectivity index is 2.36. The highest BCUT2D eigenvalue weighted by Gasteiger charge is 2.16. The van der Waals surface area contributed by atoms with Crippen molar-refractivity contribution < 1.29 is 5.11 Å². The van der Waals surface area contributed by atoms with Crippen LogP contribution in [0.3, 0.4) is 0 Å². The number of hydrogen-bond donors (Lipinski definition) is 1. The van der Waals surface area contributed by atoms with E-state index >= 15 is 0 Å². The zero-order valence-electron chi connectivity index (χ0n) is 7.52. The molecule has 1 atom stereocenters. The van der Waals surface area contributed by atoms with Gasteiger partial charge in [0.05, 0.1) is 10.0 Å². The molecule has 0 saturated heterocycles. The van der Waals surface area contributed by atoms with Crippen LogP contribution in [0.5, 0.6) is 0 Å². The van der Waals surface area contributed by atoms with Crippen LogP contribution < -0.4 is 0 Å². The number of rotatable bonds is 2. The Labute approximate surface area is 105 Å². The van der Waals surface area contributed by atoms with E-state index in [1.807, 2.05) is 12.1 Å². The predicted octanol–water partition coefficient (Wildman–Crippen LogP) is 3.64. The number of aliphatic hydroxyl groups is 1. The SMILES string of the molecule is OC(c1ccc(Cl)s1)c1ncccc1Br. The van der Waals surface area contributed by atoms with Gasteiger partial charge in [0.25, 0.3) is 0 Å². The molecule has 0 aliphatic carbocycles. The van der Waals surface area contributed by atoms with E-state index in [2.05, 4.69) is 20.9 Å². The first-order chi connectivity index (χ1) is 7.18. The van der Waals surface area contributed by atoms with Gasteiger partial charge in [-0.05, 0) is 40.2 Å². The predicted molar refractivity (Wildman–Crippen MR) is 65.3 cm³/mol. The summed E-state index contributed by atoms with van der Waals surface area (Å²) in [5.74, 6) is 0. The number of hydrogen-bond acceptors (Lipinski definition) is 3. The summed E-state index contributed by atoms with van der Waals surface area (Å²) < 4.78 is 1.46. The van der Waals surface area contributed by atoms with Crippen LogP contribution in [-0.4, -0.2) is 10.1 Å². The van der Waals surface area contributed by atoms with Crippen LogP contribution in [0.1, 0.15) is 16.7 Å². The molecular formula is C10H7BrClNOS. The summed E-state index contributed by atoms with van der Waals surface area (Å²) >= 11 is 10.5. The van der Waals surface area contributed by atoms with Gasteiger partial charge in [0.1, 0.15) is 6.10 Å². The van der Waals surface area contributed by atoms with Crippen LogP contribution >= 0.6 is 38.9 Å². The number of halogens is 2. The lowest BCUT2D eigenvalue weighted by atomic mass is 10.2. The molecule has 0 saturated carbocycles. The van der Waals surface area contributed by atoms with Gasteiger partial charge in [0, 0.05) is 15.5 Å². The maximum atomic E-state index is 10.0. The molecule has 0 bridgehead atoms. The van der Waals surface area contributed by atoms with E-state index in [1.54, 1.807) is 18.3 Å². The molecule has 2 nitrogen and oxygen atoms in total. The molecule has 2 aromatic rings. The van der Waals surface area contributed by atoms with E-state index in [0.29, 0.717) is 10.0 Å². The van der Waals surface area contributed by atoms with Crippen molar-refractivity contribution in [3.63, 3.8) is 0 Å². The summed E-state index contributed by atoms with van der Waals surface area (Å²) in [5, 5.41) is 10.0. The van der Waals surface area contributed by atoms with Gasteiger partial charge < -0.3 is 5.11 Å². The van der Waals surface area contributed by atoms with Crippen LogP contribution in [0, 0.1) is 0 Å². The Bertz CT molecular complexity index is 474. The van der Waals surface area contributed by atoms with Crippen molar-refractivity contribution in [2.75, 3.05) is 0 Å². The molecule has 1 N–H and O–H groups in total. The van der Waals surface area contributed by atoms with Gasteiger partial charge in [-0.3, -0.25) is 4.98 Å². The molecule has 78 valence electrons. The topological polar surface area (TPSA) is 33.1 Å². The van der Waals surface area contributed by atoms with E-state index in [0.717, 1.165) is 9.35 Å². The van der Waals surface area contributed by atoms with Crippen molar-refractivity contribution in [1.82, 2.24) is 4.98 Å². The van der Waals surface area contributed by atoms with Crippen LogP contribution in [0.4, 0.5) is 0 Å². The number of nitrogens with zero attached hydrogens (tertiary/aromatic N) is 1. The normalized spacial score (nSPS) is 12.7. The molecule has 15 heavy (non-hydrogen) atoms. The Morgan fingerprint density at radius 1 is 1.40 bits per heavy atom. The fourth-order valence-corrected chi connectivity index (χ4v) is 2.73. The zero-order valence-corrected chi connectivity index (χ0v) is 10.7. The quantitative estimate of drug-likeness (QED) is 0.919. The average Bonchev–Trinajstić information content (AvgIpc) is 2.65. The van der Waals surface area contributed by atoms with Gasteiger partial charge >= 0.3 is 0 Å². The molecule has 0 aromatic carbocycles. The smallest absolute Gasteiger partial charge is 0.131 e. The van der Waals surface area contributed by atoms with E-state index in [1.165, 1.54) is 11.3 Å². The molecule has 2 aromatic heterocycles. The largest absolute Gasteiger partial charge is 0.381 e.